The molecule has 0 aliphatic heterocycles. The first kappa shape index (κ1) is 44.8. The molecule has 5 aromatic carbocycles. The minimum Gasteiger partial charge on any atom is -0.670 e. The average molecular weight is 866 g/mol. The third kappa shape index (κ3) is 9.09. The van der Waals surface area contributed by atoms with Crippen LogP contribution in [0.2, 0.25) is 0 Å². The quantitative estimate of drug-likeness (QED) is 0.0525. The van der Waals surface area contributed by atoms with Crippen molar-refractivity contribution in [2.75, 3.05) is 14.2 Å². The monoisotopic (exact) mass is 865 g/mol. The van der Waals surface area contributed by atoms with E-state index in [9.17, 15) is 25.5 Å². The predicted octanol–water partition coefficient (Wildman–Crippen LogP) is 8.40. The lowest BCUT2D eigenvalue weighted by atomic mass is 9.58. The molecule has 5 atom stereocenters. The molecule has 2 aliphatic carbocycles. The van der Waals surface area contributed by atoms with Gasteiger partial charge in [0.05, 0.1) is 30.8 Å². The fourth-order valence-electron chi connectivity index (χ4n) is 10.7. The molecule has 0 saturated heterocycles. The van der Waals surface area contributed by atoms with Gasteiger partial charge in [0.1, 0.15) is 5.75 Å². The average Bonchev–Trinajstić information content (AvgIpc) is 4.02. The number of aryl methyl sites for hydroxylation is 1. The minimum absolute atomic E-state index is 0.00335. The van der Waals surface area contributed by atoms with Crippen LogP contribution in [0.1, 0.15) is 90.0 Å². The highest BCUT2D eigenvalue weighted by Gasteiger charge is 2.54. The Morgan fingerprint density at radius 1 is 0.828 bits per heavy atom. The van der Waals surface area contributed by atoms with Crippen molar-refractivity contribution in [2.45, 2.75) is 108 Å². The zero-order chi connectivity index (χ0) is 45.0. The van der Waals surface area contributed by atoms with Crippen molar-refractivity contribution in [2.24, 2.45) is 11.8 Å². The Morgan fingerprint density at radius 2 is 1.61 bits per heavy atom. The van der Waals surface area contributed by atoms with Crippen LogP contribution in [0.3, 0.4) is 0 Å². The van der Waals surface area contributed by atoms with Gasteiger partial charge in [0.25, 0.3) is 0 Å². The van der Waals surface area contributed by atoms with E-state index >= 15 is 4.79 Å². The second-order valence-electron chi connectivity index (χ2n) is 18.0. The Morgan fingerprint density at radius 3 is 2.36 bits per heavy atom. The summed E-state index contributed by atoms with van der Waals surface area (Å²) < 4.78 is 12.2. The Hall–Kier alpha value is -5.81. The van der Waals surface area contributed by atoms with Crippen LogP contribution in [0.5, 0.6) is 28.7 Å². The Labute approximate surface area is 375 Å². The van der Waals surface area contributed by atoms with Crippen LogP contribution in [0.25, 0.3) is 10.8 Å². The summed E-state index contributed by atoms with van der Waals surface area (Å²) in [4.78, 5) is 20.1. The molecule has 64 heavy (non-hydrogen) atoms. The summed E-state index contributed by atoms with van der Waals surface area (Å²) in [6.45, 7) is 2.55. The van der Waals surface area contributed by atoms with Gasteiger partial charge in [0.15, 0.2) is 28.8 Å². The normalized spacial score (nSPS) is 20.1. The van der Waals surface area contributed by atoms with Gasteiger partial charge in [-0.3, -0.25) is 4.79 Å². The molecule has 0 unspecified atom stereocenters. The van der Waals surface area contributed by atoms with Crippen LogP contribution in [0.4, 0.5) is 0 Å². The summed E-state index contributed by atoms with van der Waals surface area (Å²) in [5.74, 6) is -1.02. The highest BCUT2D eigenvalue weighted by atomic mass is 16.5. The molecular formula is C54H61N2O8-. The van der Waals surface area contributed by atoms with Gasteiger partial charge in [0, 0.05) is 24.4 Å². The molecule has 2 aliphatic rings. The topological polar surface area (TPSA) is 163 Å². The highest BCUT2D eigenvalue weighted by molar-refractivity contribution is 5.95. The van der Waals surface area contributed by atoms with E-state index < -0.39 is 29.5 Å². The van der Waals surface area contributed by atoms with Crippen molar-refractivity contribution >= 4 is 16.6 Å². The minimum atomic E-state index is -1.57. The number of hydrogen-bond donors (Lipinski definition) is 6. The molecule has 2 saturated carbocycles. The van der Waals surface area contributed by atoms with Crippen molar-refractivity contribution in [1.82, 2.24) is 10.3 Å². The van der Waals surface area contributed by atoms with E-state index in [1.807, 2.05) is 30.3 Å². The predicted molar refractivity (Wildman–Crippen MR) is 248 cm³/mol. The Bertz CT molecular complexity index is 2570. The van der Waals surface area contributed by atoms with E-state index in [0.717, 1.165) is 70.7 Å². The number of phenolic OH excluding ortho intramolecular Hbond substituents is 3. The van der Waals surface area contributed by atoms with Gasteiger partial charge in [-0.2, -0.15) is 12.4 Å². The van der Waals surface area contributed by atoms with Crippen molar-refractivity contribution in [3.05, 3.63) is 148 Å². The maximum atomic E-state index is 15.8. The van der Waals surface area contributed by atoms with E-state index in [2.05, 4.69) is 41.5 Å². The van der Waals surface area contributed by atoms with Crippen LogP contribution in [-0.4, -0.2) is 63.8 Å². The number of aliphatic hydroxyl groups excluding tert-OH is 2. The van der Waals surface area contributed by atoms with Gasteiger partial charge >= 0.3 is 0 Å². The number of nitrogens with zero attached hydrogens (tertiary/aromatic N) is 1. The van der Waals surface area contributed by atoms with Crippen LogP contribution in [0, 0.1) is 11.8 Å². The van der Waals surface area contributed by atoms with Gasteiger partial charge in [-0.15, -0.1) is 0 Å². The molecule has 10 heteroatoms. The molecule has 1 heterocycles. The summed E-state index contributed by atoms with van der Waals surface area (Å²) in [6.07, 6.45) is 7.62. The molecule has 6 N–H and O–H groups in total. The summed E-state index contributed by atoms with van der Waals surface area (Å²) >= 11 is 0. The van der Waals surface area contributed by atoms with Gasteiger partial charge in [0.2, 0.25) is 0 Å². The number of aromatic hydroxyl groups is 3. The van der Waals surface area contributed by atoms with Gasteiger partial charge in [-0.1, -0.05) is 73.2 Å². The van der Waals surface area contributed by atoms with Crippen molar-refractivity contribution in [3.8, 4) is 28.7 Å². The van der Waals surface area contributed by atoms with Crippen molar-refractivity contribution in [3.63, 3.8) is 0 Å². The number of aliphatic hydroxyl groups is 2. The van der Waals surface area contributed by atoms with Gasteiger partial charge in [-0.05, 0) is 152 Å². The molecule has 1 aromatic heterocycles. The molecule has 0 bridgehead atoms. The number of rotatable bonds is 17. The van der Waals surface area contributed by atoms with Crippen molar-refractivity contribution in [1.29, 1.82) is 0 Å². The van der Waals surface area contributed by atoms with E-state index in [1.54, 1.807) is 62.9 Å². The largest absolute Gasteiger partial charge is 0.670 e. The number of methoxy groups -OCH3 is 1. The molecule has 2 fully saturated rings. The van der Waals surface area contributed by atoms with Gasteiger partial charge in [-0.25, -0.2) is 0 Å². The second-order valence-corrected chi connectivity index (χ2v) is 18.0. The number of carbonyl (C=O) groups is 1. The molecule has 10 nitrogen and oxygen atoms in total. The lowest BCUT2D eigenvalue weighted by Crippen LogP contribution is -2.57. The number of fused-ring (bicyclic) bond motifs is 1. The number of carbonyl (C=O) groups excluding carboxylic acids is 1. The fourth-order valence-corrected chi connectivity index (χ4v) is 10.7. The molecule has 0 radical (unpaired) electrons. The molecule has 336 valence electrons. The molecule has 0 amide bonds. The lowest BCUT2D eigenvalue weighted by Gasteiger charge is -2.46. The Balaban J connectivity index is 1.20. The van der Waals surface area contributed by atoms with Crippen LogP contribution >= 0.6 is 0 Å². The lowest BCUT2D eigenvalue weighted by molar-refractivity contribution is -0.144. The summed E-state index contributed by atoms with van der Waals surface area (Å²) in [5.41, 5.74) is 5.23. The summed E-state index contributed by atoms with van der Waals surface area (Å²) in [5, 5.41) is 63.8. The molecule has 6 aromatic rings. The van der Waals surface area contributed by atoms with E-state index in [-0.39, 0.29) is 48.4 Å². The number of aromatic nitrogens is 1. The van der Waals surface area contributed by atoms with Gasteiger partial charge < -0.3 is 45.3 Å². The summed E-state index contributed by atoms with van der Waals surface area (Å²) in [7, 11) is 3.36. The van der Waals surface area contributed by atoms with E-state index in [4.69, 9.17) is 9.47 Å². The van der Waals surface area contributed by atoms with Crippen molar-refractivity contribution < 1.29 is 39.8 Å². The number of ketones is 1. The third-order valence-corrected chi connectivity index (χ3v) is 14.0. The standard InChI is InChI=1S/C54H61N2O8/c1-4-36-14-15-37-9-5-8-12-43(37)45(36)29-46-38(16-19-48(59)52(46)63-3)27-39(23-34-21-22-56-32-34)51(61)44-17-20-50(60)54(53(44)62,40-24-35(31-55-2)25-41(57)28-40)30-33-13-18-47(58)49(26-33)64-42-10-6-7-11-42/h5,8-9,12-16,18-19,21-22,24-26,28,32,39,42,44,50-51,55,57-61H,4,6-7,10-11,17,20,23,27,29-31H2,1-3H3/q-1/t39-,44-,50-,51-,54+/m0/s1. The number of Topliss-reactive ketones (excluding diaryl/α,β-unsaturated/α-hetero) is 1. The van der Waals surface area contributed by atoms with Crippen LogP contribution in [0.15, 0.2) is 103 Å². The summed E-state index contributed by atoms with van der Waals surface area (Å²) in [6, 6.07) is 28.2. The van der Waals surface area contributed by atoms with Crippen LogP contribution < -0.4 is 19.8 Å². The SMILES string of the molecule is CCc1ccc2ccccc2c1Cc1c(C[C@H](Cc2cc[n-]c2)[C@H](O)[C@@H]2CC[C@H](O)[C@@](Cc3ccc(O)c(OC4CCCC4)c3)(c3cc(O)cc(CNC)c3)C2=O)ccc(O)c1OC. The first-order valence-electron chi connectivity index (χ1n) is 22.8. The van der Waals surface area contributed by atoms with Crippen LogP contribution in [-0.2, 0) is 48.9 Å². The van der Waals surface area contributed by atoms with E-state index in [0.29, 0.717) is 48.4 Å². The molecular weight excluding hydrogens is 805 g/mol. The fraction of sp³-hybridized carbons (Fsp3) is 0.389. The number of phenols is 3. The second kappa shape index (κ2) is 19.5. The zero-order valence-corrected chi connectivity index (χ0v) is 37.1. The molecule has 0 spiro atoms. The number of nitrogens with one attached hydrogen (secondary N) is 1. The number of benzene rings is 5. The Kier molecular flexibility index (Phi) is 13.7. The number of ether oxygens (including phenoxy) is 2. The maximum Gasteiger partial charge on any atom is 0.164 e. The van der Waals surface area contributed by atoms with E-state index in [1.165, 1.54) is 5.56 Å². The first-order valence-corrected chi connectivity index (χ1v) is 22.8. The maximum absolute atomic E-state index is 15.8. The third-order valence-electron chi connectivity index (χ3n) is 14.0. The zero-order valence-electron chi connectivity index (χ0n) is 37.1. The number of hydrogen-bond acceptors (Lipinski definition) is 9. The smallest absolute Gasteiger partial charge is 0.164 e. The molecule has 8 rings (SSSR count). The highest BCUT2D eigenvalue weighted by Crippen LogP contribution is 2.47. The first-order chi connectivity index (χ1) is 31.0.